The molecule has 0 bridgehead atoms. The van der Waals surface area contributed by atoms with Gasteiger partial charge in [0.1, 0.15) is 0 Å². The first-order valence-electron chi connectivity index (χ1n) is 8.24. The maximum atomic E-state index is 6.41. The molecular formula is C16H34OSi. The lowest BCUT2D eigenvalue weighted by Gasteiger charge is -2.39. The van der Waals surface area contributed by atoms with Gasteiger partial charge in [-0.3, -0.25) is 0 Å². The van der Waals surface area contributed by atoms with Crippen LogP contribution in [0.4, 0.5) is 0 Å². The van der Waals surface area contributed by atoms with Gasteiger partial charge >= 0.3 is 0 Å². The first kappa shape index (κ1) is 16.2. The average molecular weight is 271 g/mol. The van der Waals surface area contributed by atoms with E-state index in [1.165, 1.54) is 64.2 Å². The van der Waals surface area contributed by atoms with Gasteiger partial charge in [0.15, 0.2) is 9.04 Å². The monoisotopic (exact) mass is 270 g/mol. The first-order chi connectivity index (χ1) is 8.58. The Bertz CT molecular complexity index is 211. The molecule has 0 aromatic heterocycles. The van der Waals surface area contributed by atoms with Gasteiger partial charge in [0, 0.05) is 6.10 Å². The van der Waals surface area contributed by atoms with Crippen molar-refractivity contribution in [3.05, 3.63) is 0 Å². The molecule has 1 fully saturated rings. The smallest absolute Gasteiger partial charge is 0.180 e. The van der Waals surface area contributed by atoms with Crippen LogP contribution in [0, 0.1) is 0 Å². The summed E-state index contributed by atoms with van der Waals surface area (Å²) in [7, 11) is -1.02. The van der Waals surface area contributed by atoms with Crippen molar-refractivity contribution in [1.82, 2.24) is 0 Å². The lowest BCUT2D eigenvalue weighted by molar-refractivity contribution is 0.187. The molecule has 18 heavy (non-hydrogen) atoms. The molecule has 2 heteroatoms. The summed E-state index contributed by atoms with van der Waals surface area (Å²) in [4.78, 5) is 0. The van der Waals surface area contributed by atoms with E-state index in [1.807, 2.05) is 0 Å². The number of unbranched alkanes of at least 4 members (excludes halogenated alkanes) is 3. The minimum Gasteiger partial charge on any atom is -0.417 e. The summed E-state index contributed by atoms with van der Waals surface area (Å²) in [5.41, 5.74) is 0. The summed E-state index contributed by atoms with van der Waals surface area (Å²) < 4.78 is 6.41. The Morgan fingerprint density at radius 2 is 1.78 bits per heavy atom. The summed E-state index contributed by atoms with van der Waals surface area (Å²) >= 11 is 0. The Morgan fingerprint density at radius 1 is 1.11 bits per heavy atom. The van der Waals surface area contributed by atoms with Crippen molar-refractivity contribution in [1.29, 1.82) is 0 Å². The molecule has 2 unspecified atom stereocenters. The van der Waals surface area contributed by atoms with Gasteiger partial charge < -0.3 is 4.43 Å². The minimum absolute atomic E-state index is 0.502. The highest BCUT2D eigenvalue weighted by Crippen LogP contribution is 2.45. The molecule has 2 atom stereocenters. The fourth-order valence-corrected chi connectivity index (χ4v) is 5.59. The summed E-state index contributed by atoms with van der Waals surface area (Å²) in [5, 5.41) is 0.579. The molecule has 0 spiro atoms. The van der Waals surface area contributed by atoms with E-state index >= 15 is 0 Å². The van der Waals surface area contributed by atoms with Crippen molar-refractivity contribution < 1.29 is 4.43 Å². The van der Waals surface area contributed by atoms with Crippen LogP contribution >= 0.6 is 0 Å². The normalized spacial score (nSPS) is 22.7. The van der Waals surface area contributed by atoms with Crippen LogP contribution in [0.5, 0.6) is 0 Å². The fraction of sp³-hybridized carbons (Fsp3) is 1.00. The second-order valence-electron chi connectivity index (χ2n) is 6.65. The second-order valence-corrected chi connectivity index (χ2v) is 9.60. The topological polar surface area (TPSA) is 9.23 Å². The summed E-state index contributed by atoms with van der Waals surface area (Å²) in [6.07, 6.45) is 14.4. The third-order valence-electron chi connectivity index (χ3n) is 4.88. The van der Waals surface area contributed by atoms with Crippen LogP contribution in [0.15, 0.2) is 0 Å². The molecule has 0 aromatic carbocycles. The second kappa shape index (κ2) is 8.37. The Hall–Kier alpha value is 0.177. The van der Waals surface area contributed by atoms with E-state index in [9.17, 15) is 0 Å². The van der Waals surface area contributed by atoms with Crippen molar-refractivity contribution in [2.75, 3.05) is 0 Å². The Balaban J connectivity index is 2.23. The quantitative estimate of drug-likeness (QED) is 0.421. The SMILES string of the molecule is CCCCCCC(C)O[SiH](C)C1(C)CCCCC1. The highest BCUT2D eigenvalue weighted by atomic mass is 28.3. The van der Waals surface area contributed by atoms with Crippen LogP contribution in [0.25, 0.3) is 0 Å². The molecule has 0 aromatic rings. The van der Waals surface area contributed by atoms with Gasteiger partial charge in [-0.1, -0.05) is 58.8 Å². The molecule has 108 valence electrons. The van der Waals surface area contributed by atoms with E-state index in [0.29, 0.717) is 11.1 Å². The molecule has 0 radical (unpaired) electrons. The molecule has 0 N–H and O–H groups in total. The number of hydrogen-bond donors (Lipinski definition) is 0. The molecule has 1 rings (SSSR count). The van der Waals surface area contributed by atoms with Gasteiger partial charge in [-0.2, -0.15) is 0 Å². The zero-order valence-electron chi connectivity index (χ0n) is 13.1. The molecule has 0 heterocycles. The van der Waals surface area contributed by atoms with Crippen molar-refractivity contribution in [2.24, 2.45) is 0 Å². The summed E-state index contributed by atoms with van der Waals surface area (Å²) in [6.45, 7) is 9.50. The van der Waals surface area contributed by atoms with E-state index in [0.717, 1.165) is 0 Å². The predicted molar refractivity (Wildman–Crippen MR) is 83.8 cm³/mol. The molecule has 1 aliphatic rings. The van der Waals surface area contributed by atoms with Gasteiger partial charge in [-0.05, 0) is 37.8 Å². The van der Waals surface area contributed by atoms with Gasteiger partial charge in [-0.25, -0.2) is 0 Å². The van der Waals surface area contributed by atoms with Gasteiger partial charge in [0.2, 0.25) is 0 Å². The lowest BCUT2D eigenvalue weighted by Crippen LogP contribution is -2.35. The Kier molecular flexibility index (Phi) is 7.55. The van der Waals surface area contributed by atoms with Crippen LogP contribution in [0.3, 0.4) is 0 Å². The first-order valence-corrected chi connectivity index (χ1v) is 10.4. The maximum absolute atomic E-state index is 6.41. The van der Waals surface area contributed by atoms with Crippen LogP contribution in [-0.4, -0.2) is 15.1 Å². The summed E-state index contributed by atoms with van der Waals surface area (Å²) in [6, 6.07) is 0. The lowest BCUT2D eigenvalue weighted by atomic mass is 9.90. The maximum Gasteiger partial charge on any atom is 0.180 e. The van der Waals surface area contributed by atoms with Crippen LogP contribution in [0.2, 0.25) is 11.6 Å². The van der Waals surface area contributed by atoms with Crippen LogP contribution in [0.1, 0.15) is 85.0 Å². The summed E-state index contributed by atoms with van der Waals surface area (Å²) in [5.74, 6) is 0. The van der Waals surface area contributed by atoms with E-state index in [-0.39, 0.29) is 0 Å². The third kappa shape index (κ3) is 5.44. The minimum atomic E-state index is -1.02. The third-order valence-corrected chi connectivity index (χ3v) is 8.29. The fourth-order valence-electron chi connectivity index (χ4n) is 3.21. The number of rotatable bonds is 8. The van der Waals surface area contributed by atoms with Crippen molar-refractivity contribution in [3.8, 4) is 0 Å². The zero-order chi connectivity index (χ0) is 13.4. The Labute approximate surface area is 116 Å². The van der Waals surface area contributed by atoms with Crippen molar-refractivity contribution in [3.63, 3.8) is 0 Å². The highest BCUT2D eigenvalue weighted by molar-refractivity contribution is 6.54. The van der Waals surface area contributed by atoms with Crippen molar-refractivity contribution in [2.45, 2.75) is 103 Å². The molecule has 0 aliphatic heterocycles. The molecular weight excluding hydrogens is 236 g/mol. The molecule has 0 saturated heterocycles. The van der Waals surface area contributed by atoms with E-state index in [1.54, 1.807) is 0 Å². The van der Waals surface area contributed by atoms with Crippen molar-refractivity contribution >= 4 is 9.04 Å². The molecule has 1 nitrogen and oxygen atoms in total. The van der Waals surface area contributed by atoms with Gasteiger partial charge in [0.25, 0.3) is 0 Å². The van der Waals surface area contributed by atoms with E-state index in [2.05, 4.69) is 27.3 Å². The van der Waals surface area contributed by atoms with Crippen LogP contribution in [-0.2, 0) is 4.43 Å². The zero-order valence-corrected chi connectivity index (χ0v) is 14.3. The molecule has 1 saturated carbocycles. The van der Waals surface area contributed by atoms with Gasteiger partial charge in [0.05, 0.1) is 0 Å². The van der Waals surface area contributed by atoms with E-state index in [4.69, 9.17) is 4.43 Å². The predicted octanol–water partition coefficient (Wildman–Crippen LogP) is 5.44. The molecule has 0 amide bonds. The highest BCUT2D eigenvalue weighted by Gasteiger charge is 2.35. The standard InChI is InChI=1S/C16H34OSi/c1-5-6-7-9-12-15(2)17-18(4)16(3)13-10-8-11-14-16/h15,18H,5-14H2,1-4H3. The number of hydrogen-bond acceptors (Lipinski definition) is 1. The van der Waals surface area contributed by atoms with E-state index < -0.39 is 9.04 Å². The van der Waals surface area contributed by atoms with Gasteiger partial charge in [-0.15, -0.1) is 0 Å². The van der Waals surface area contributed by atoms with Crippen LogP contribution < -0.4 is 0 Å². The Morgan fingerprint density at radius 3 is 2.39 bits per heavy atom. The molecule has 1 aliphatic carbocycles. The largest absolute Gasteiger partial charge is 0.417 e. The average Bonchev–Trinajstić information content (AvgIpc) is 2.35.